The molecule has 1 aromatic heterocycles. The third kappa shape index (κ3) is 2.26. The number of anilines is 1. The molecule has 0 spiro atoms. The lowest BCUT2D eigenvalue weighted by Crippen LogP contribution is -2.32. The van der Waals surface area contributed by atoms with E-state index in [4.69, 9.17) is 9.15 Å². The van der Waals surface area contributed by atoms with E-state index in [0.29, 0.717) is 18.9 Å². The van der Waals surface area contributed by atoms with Crippen LogP contribution in [0.3, 0.4) is 0 Å². The van der Waals surface area contributed by atoms with Gasteiger partial charge in [-0.1, -0.05) is 12.1 Å². The summed E-state index contributed by atoms with van der Waals surface area (Å²) in [6.45, 7) is 7.29. The first-order valence-electron chi connectivity index (χ1n) is 8.05. The summed E-state index contributed by atoms with van der Waals surface area (Å²) in [5.41, 5.74) is 5.80. The average Bonchev–Trinajstić information content (AvgIpc) is 2.56. The van der Waals surface area contributed by atoms with E-state index < -0.39 is 0 Å². The van der Waals surface area contributed by atoms with Crippen LogP contribution in [0.2, 0.25) is 0 Å². The van der Waals surface area contributed by atoms with Crippen LogP contribution in [0.5, 0.6) is 5.75 Å². The van der Waals surface area contributed by atoms with Gasteiger partial charge >= 0.3 is 5.63 Å². The van der Waals surface area contributed by atoms with Gasteiger partial charge in [0.1, 0.15) is 11.3 Å². The molecule has 0 saturated carbocycles. The van der Waals surface area contributed by atoms with Crippen molar-refractivity contribution in [2.75, 3.05) is 11.6 Å². The van der Waals surface area contributed by atoms with Crippen molar-refractivity contribution in [1.82, 2.24) is 0 Å². The molecule has 4 nitrogen and oxygen atoms in total. The highest BCUT2D eigenvalue weighted by molar-refractivity contribution is 5.85. The highest BCUT2D eigenvalue weighted by Crippen LogP contribution is 2.35. The molecule has 0 N–H and O–H groups in total. The number of ether oxygens (including phenoxy) is 1. The Kier molecular flexibility index (Phi) is 3.34. The predicted molar refractivity (Wildman–Crippen MR) is 94.8 cm³/mol. The molecule has 0 fully saturated rings. The summed E-state index contributed by atoms with van der Waals surface area (Å²) >= 11 is 0. The van der Waals surface area contributed by atoms with E-state index in [1.807, 2.05) is 19.1 Å². The third-order valence-electron chi connectivity index (χ3n) is 4.82. The summed E-state index contributed by atoms with van der Waals surface area (Å²) in [6, 6.07) is 11.7. The largest absolute Gasteiger partial charge is 0.473 e. The fraction of sp³-hybridized carbons (Fsp3) is 0.250. The van der Waals surface area contributed by atoms with Gasteiger partial charge in [0.05, 0.1) is 12.1 Å². The van der Waals surface area contributed by atoms with Crippen LogP contribution < -0.4 is 15.3 Å². The zero-order valence-electron chi connectivity index (χ0n) is 14.1. The average molecular weight is 321 g/mol. The van der Waals surface area contributed by atoms with Crippen molar-refractivity contribution in [1.29, 1.82) is 0 Å². The maximum Gasteiger partial charge on any atom is 0.336 e. The van der Waals surface area contributed by atoms with E-state index in [1.54, 1.807) is 0 Å². The first-order chi connectivity index (χ1) is 11.5. The molecule has 0 bridgehead atoms. The van der Waals surface area contributed by atoms with Gasteiger partial charge in [0, 0.05) is 17.1 Å². The quantitative estimate of drug-likeness (QED) is 0.634. The lowest BCUT2D eigenvalue weighted by atomic mass is 10.0. The van der Waals surface area contributed by atoms with Crippen LogP contribution in [0.1, 0.15) is 22.3 Å². The number of fused-ring (bicyclic) bond motifs is 3. The Labute approximate surface area is 140 Å². The van der Waals surface area contributed by atoms with Crippen molar-refractivity contribution in [3.63, 3.8) is 0 Å². The van der Waals surface area contributed by atoms with E-state index >= 15 is 0 Å². The lowest BCUT2D eigenvalue weighted by Gasteiger charge is -2.32. The number of hydrogen-bond donors (Lipinski definition) is 0. The molecule has 0 radical (unpaired) electrons. The van der Waals surface area contributed by atoms with Gasteiger partial charge < -0.3 is 14.1 Å². The van der Waals surface area contributed by atoms with Crippen LogP contribution in [0.25, 0.3) is 11.0 Å². The van der Waals surface area contributed by atoms with E-state index in [-0.39, 0.29) is 5.63 Å². The number of hydrogen-bond acceptors (Lipinski definition) is 4. The molecule has 0 atom stereocenters. The van der Waals surface area contributed by atoms with Crippen molar-refractivity contribution >= 4 is 16.7 Å². The Morgan fingerprint density at radius 3 is 2.71 bits per heavy atom. The van der Waals surface area contributed by atoms with Crippen molar-refractivity contribution in [3.05, 3.63) is 69.1 Å². The van der Waals surface area contributed by atoms with Gasteiger partial charge in [0.15, 0.2) is 6.73 Å². The summed E-state index contributed by atoms with van der Waals surface area (Å²) < 4.78 is 11.5. The number of rotatable bonds is 1. The molecular formula is C20H19NO3. The number of nitrogens with zero attached hydrogens (tertiary/aromatic N) is 1. The third-order valence-corrected chi connectivity index (χ3v) is 4.82. The molecule has 4 heteroatoms. The molecule has 2 heterocycles. The van der Waals surface area contributed by atoms with Crippen LogP contribution >= 0.6 is 0 Å². The molecule has 3 aromatic rings. The van der Waals surface area contributed by atoms with Crippen LogP contribution in [-0.4, -0.2) is 6.73 Å². The molecule has 1 aliphatic rings. The molecule has 0 amide bonds. The summed E-state index contributed by atoms with van der Waals surface area (Å²) in [6.07, 6.45) is 0. The molecule has 1 aliphatic heterocycles. The fourth-order valence-corrected chi connectivity index (χ4v) is 3.32. The van der Waals surface area contributed by atoms with E-state index in [9.17, 15) is 4.79 Å². The highest BCUT2D eigenvalue weighted by Gasteiger charge is 2.23. The Morgan fingerprint density at radius 1 is 1.04 bits per heavy atom. The zero-order chi connectivity index (χ0) is 16.8. The van der Waals surface area contributed by atoms with E-state index in [2.05, 4.69) is 36.9 Å². The smallest absolute Gasteiger partial charge is 0.336 e. The van der Waals surface area contributed by atoms with Gasteiger partial charge in [0.25, 0.3) is 0 Å². The Morgan fingerprint density at radius 2 is 1.88 bits per heavy atom. The van der Waals surface area contributed by atoms with Crippen molar-refractivity contribution < 1.29 is 9.15 Å². The maximum absolute atomic E-state index is 11.8. The second-order valence-corrected chi connectivity index (χ2v) is 6.36. The Hall–Kier alpha value is -2.75. The van der Waals surface area contributed by atoms with Crippen LogP contribution in [0, 0.1) is 20.8 Å². The molecule has 4 rings (SSSR count). The SMILES string of the molecule is Cc1cccc(N2COc3ccc4c(C)cc(=O)oc4c3C2)c1C. The summed E-state index contributed by atoms with van der Waals surface area (Å²) in [7, 11) is 0. The second-order valence-electron chi connectivity index (χ2n) is 6.36. The predicted octanol–water partition coefficient (Wildman–Crippen LogP) is 4.07. The highest BCUT2D eigenvalue weighted by atomic mass is 16.5. The monoisotopic (exact) mass is 321 g/mol. The summed E-state index contributed by atoms with van der Waals surface area (Å²) in [5, 5.41) is 0.958. The molecule has 24 heavy (non-hydrogen) atoms. The van der Waals surface area contributed by atoms with Crippen molar-refractivity contribution in [2.24, 2.45) is 0 Å². The summed E-state index contributed by atoms with van der Waals surface area (Å²) in [5.74, 6) is 0.790. The van der Waals surface area contributed by atoms with Crippen LogP contribution in [0.15, 0.2) is 45.6 Å². The molecule has 0 aliphatic carbocycles. The minimum atomic E-state index is -0.322. The standard InChI is InChI=1S/C20H19NO3/c1-12-5-4-6-17(14(12)3)21-10-16-18(23-11-21)8-7-15-13(2)9-19(22)24-20(15)16/h4-9H,10-11H2,1-3H3. The lowest BCUT2D eigenvalue weighted by molar-refractivity contribution is 0.289. The fourth-order valence-electron chi connectivity index (χ4n) is 3.32. The molecule has 122 valence electrons. The maximum atomic E-state index is 11.8. The van der Waals surface area contributed by atoms with E-state index in [1.165, 1.54) is 17.2 Å². The van der Waals surface area contributed by atoms with Gasteiger partial charge in [0.2, 0.25) is 0 Å². The van der Waals surface area contributed by atoms with Gasteiger partial charge in [-0.3, -0.25) is 0 Å². The number of aryl methyl sites for hydroxylation is 2. The van der Waals surface area contributed by atoms with Crippen molar-refractivity contribution in [3.8, 4) is 5.75 Å². The summed E-state index contributed by atoms with van der Waals surface area (Å²) in [4.78, 5) is 14.0. The normalized spacial score (nSPS) is 13.7. The zero-order valence-corrected chi connectivity index (χ0v) is 14.1. The molecular weight excluding hydrogens is 302 g/mol. The molecule has 0 unspecified atom stereocenters. The molecule has 0 saturated heterocycles. The van der Waals surface area contributed by atoms with Crippen LogP contribution in [0.4, 0.5) is 5.69 Å². The van der Waals surface area contributed by atoms with Crippen LogP contribution in [-0.2, 0) is 6.54 Å². The topological polar surface area (TPSA) is 42.7 Å². The van der Waals surface area contributed by atoms with Gasteiger partial charge in [-0.15, -0.1) is 0 Å². The second kappa shape index (κ2) is 5.41. The van der Waals surface area contributed by atoms with Crippen molar-refractivity contribution in [2.45, 2.75) is 27.3 Å². The van der Waals surface area contributed by atoms with Gasteiger partial charge in [-0.25, -0.2) is 4.79 Å². The molecule has 2 aromatic carbocycles. The van der Waals surface area contributed by atoms with Gasteiger partial charge in [-0.05, 0) is 55.7 Å². The minimum absolute atomic E-state index is 0.322. The first kappa shape index (κ1) is 14.8. The number of benzene rings is 2. The Balaban J connectivity index is 1.86. The Bertz CT molecular complexity index is 1000. The first-order valence-corrected chi connectivity index (χ1v) is 8.05. The van der Waals surface area contributed by atoms with E-state index in [0.717, 1.165) is 28.0 Å². The minimum Gasteiger partial charge on any atom is -0.473 e. The van der Waals surface area contributed by atoms with Gasteiger partial charge in [-0.2, -0.15) is 0 Å².